The Hall–Kier alpha value is -4.47. The molecule has 0 radical (unpaired) electrons. The van der Waals surface area contributed by atoms with Crippen LogP contribution in [0.3, 0.4) is 0 Å². The summed E-state index contributed by atoms with van der Waals surface area (Å²) in [5.41, 5.74) is 1.76. The number of para-hydroxylation sites is 2. The van der Waals surface area contributed by atoms with Crippen LogP contribution in [0.25, 0.3) is 11.4 Å². The maximum atomic E-state index is 14.0. The Balaban J connectivity index is 1.74. The van der Waals surface area contributed by atoms with Crippen LogP contribution in [0.4, 0.5) is 5.69 Å². The second-order valence-electron chi connectivity index (χ2n) is 9.83. The van der Waals surface area contributed by atoms with Crippen molar-refractivity contribution in [3.63, 3.8) is 0 Å². The van der Waals surface area contributed by atoms with Crippen LogP contribution in [0.2, 0.25) is 0 Å². The Morgan fingerprint density at radius 3 is 2.47 bits per heavy atom. The molecule has 1 atom stereocenters. The number of ether oxygens (including phenoxy) is 1. The molecule has 2 aromatic carbocycles. The van der Waals surface area contributed by atoms with Crippen molar-refractivity contribution in [2.45, 2.75) is 52.7 Å². The zero-order chi connectivity index (χ0) is 27.3. The van der Waals surface area contributed by atoms with Gasteiger partial charge in [0.2, 0.25) is 5.82 Å². The molecule has 4 rings (SSSR count). The average molecular weight is 517 g/mol. The molecule has 0 spiro atoms. The lowest BCUT2D eigenvalue weighted by molar-refractivity contribution is -0.128. The van der Waals surface area contributed by atoms with Crippen molar-refractivity contribution < 1.29 is 18.7 Å². The fourth-order valence-electron chi connectivity index (χ4n) is 3.94. The van der Waals surface area contributed by atoms with Crippen molar-refractivity contribution in [2.24, 2.45) is 0 Å². The van der Waals surface area contributed by atoms with Crippen LogP contribution in [-0.2, 0) is 16.1 Å². The van der Waals surface area contributed by atoms with Gasteiger partial charge in [-0.3, -0.25) is 14.5 Å². The summed E-state index contributed by atoms with van der Waals surface area (Å²) in [5.74, 6) is 0.301. The molecule has 2 heterocycles. The van der Waals surface area contributed by atoms with Crippen molar-refractivity contribution >= 4 is 17.5 Å². The Kier molecular flexibility index (Phi) is 7.90. The average Bonchev–Trinajstić information content (AvgIpc) is 3.55. The highest BCUT2D eigenvalue weighted by atomic mass is 16.5. The van der Waals surface area contributed by atoms with Gasteiger partial charge in [-0.05, 0) is 64.1 Å². The molecular weight excluding hydrogens is 484 g/mol. The van der Waals surface area contributed by atoms with E-state index in [9.17, 15) is 9.59 Å². The molecule has 0 aliphatic carbocycles. The number of anilines is 1. The first-order valence-electron chi connectivity index (χ1n) is 12.4. The molecule has 0 fully saturated rings. The number of furan rings is 1. The third-order valence-corrected chi connectivity index (χ3v) is 5.55. The van der Waals surface area contributed by atoms with Crippen molar-refractivity contribution in [3.05, 3.63) is 78.3 Å². The van der Waals surface area contributed by atoms with E-state index < -0.39 is 23.4 Å². The predicted octanol–water partition coefficient (Wildman–Crippen LogP) is 4.33. The Bertz CT molecular complexity index is 1370. The van der Waals surface area contributed by atoms with Gasteiger partial charge in [-0.2, -0.15) is 4.80 Å². The van der Waals surface area contributed by atoms with Gasteiger partial charge < -0.3 is 14.5 Å². The van der Waals surface area contributed by atoms with Gasteiger partial charge in [0.1, 0.15) is 18.1 Å². The smallest absolute Gasteiger partial charge is 0.251 e. The lowest BCUT2D eigenvalue weighted by atomic mass is 10.1. The number of benzene rings is 2. The first kappa shape index (κ1) is 26.6. The van der Waals surface area contributed by atoms with Gasteiger partial charge in [0.15, 0.2) is 6.04 Å². The van der Waals surface area contributed by atoms with E-state index >= 15 is 0 Å². The summed E-state index contributed by atoms with van der Waals surface area (Å²) < 4.78 is 11.5. The van der Waals surface area contributed by atoms with Gasteiger partial charge in [-0.15, -0.1) is 10.2 Å². The quantitative estimate of drug-likeness (QED) is 0.352. The van der Waals surface area contributed by atoms with Gasteiger partial charge in [0, 0.05) is 11.1 Å². The molecule has 0 saturated heterocycles. The molecule has 1 N–H and O–H groups in total. The van der Waals surface area contributed by atoms with Crippen LogP contribution in [-0.4, -0.2) is 44.2 Å². The number of carbonyl (C=O) groups is 2. The molecule has 4 aromatic rings. The van der Waals surface area contributed by atoms with Crippen LogP contribution >= 0.6 is 0 Å². The van der Waals surface area contributed by atoms with E-state index in [1.165, 1.54) is 16.0 Å². The van der Waals surface area contributed by atoms with Crippen LogP contribution in [0.5, 0.6) is 5.75 Å². The molecule has 0 bridgehead atoms. The second-order valence-corrected chi connectivity index (χ2v) is 9.83. The van der Waals surface area contributed by atoms with Crippen LogP contribution in [0.1, 0.15) is 45.1 Å². The Labute approximate surface area is 221 Å². The van der Waals surface area contributed by atoms with E-state index in [0.717, 1.165) is 11.1 Å². The summed E-state index contributed by atoms with van der Waals surface area (Å²) in [6, 6.07) is 17.0. The number of hydrogen-bond donors (Lipinski definition) is 1. The molecule has 10 nitrogen and oxygen atoms in total. The highest BCUT2D eigenvalue weighted by molar-refractivity contribution is 6.02. The molecular formula is C28H32N6O4. The first-order chi connectivity index (χ1) is 18.2. The SMILES string of the molecule is CCOc1ccccc1N(C(=O)Cn1nnc(-c2ccc(C)cc2)n1)[C@H](C(=O)NC(C)(C)C)c1ccco1. The fraction of sp³-hybridized carbons (Fsp3) is 0.321. The van der Waals surface area contributed by atoms with Crippen LogP contribution < -0.4 is 15.0 Å². The van der Waals surface area contributed by atoms with Crippen LogP contribution in [0, 0.1) is 6.92 Å². The van der Waals surface area contributed by atoms with E-state index in [2.05, 4.69) is 20.7 Å². The number of rotatable bonds is 9. The predicted molar refractivity (Wildman–Crippen MR) is 142 cm³/mol. The molecule has 198 valence electrons. The Morgan fingerprint density at radius 1 is 1.08 bits per heavy atom. The fourth-order valence-corrected chi connectivity index (χ4v) is 3.94. The number of carbonyl (C=O) groups excluding carboxylic acids is 2. The molecule has 0 aliphatic heterocycles. The minimum atomic E-state index is -1.11. The second kappa shape index (κ2) is 11.3. The summed E-state index contributed by atoms with van der Waals surface area (Å²) >= 11 is 0. The van der Waals surface area contributed by atoms with E-state index in [0.29, 0.717) is 29.6 Å². The van der Waals surface area contributed by atoms with Gasteiger partial charge in [-0.1, -0.05) is 42.0 Å². The topological polar surface area (TPSA) is 115 Å². The number of aromatic nitrogens is 4. The maximum absolute atomic E-state index is 14.0. The van der Waals surface area contributed by atoms with Crippen LogP contribution in [0.15, 0.2) is 71.3 Å². The summed E-state index contributed by atoms with van der Waals surface area (Å²) in [7, 11) is 0. The molecule has 0 unspecified atom stereocenters. The minimum absolute atomic E-state index is 0.265. The molecule has 0 aliphatic rings. The van der Waals surface area contributed by atoms with Crippen molar-refractivity contribution in [1.82, 2.24) is 25.5 Å². The molecule has 2 aromatic heterocycles. The lowest BCUT2D eigenvalue weighted by Crippen LogP contribution is -2.50. The summed E-state index contributed by atoms with van der Waals surface area (Å²) in [4.78, 5) is 30.2. The molecule has 0 saturated carbocycles. The molecule has 2 amide bonds. The largest absolute Gasteiger partial charge is 0.492 e. The zero-order valence-electron chi connectivity index (χ0n) is 22.2. The number of nitrogens with zero attached hydrogens (tertiary/aromatic N) is 5. The first-order valence-corrected chi connectivity index (χ1v) is 12.4. The van der Waals surface area contributed by atoms with E-state index in [1.54, 1.807) is 36.4 Å². The number of tetrazole rings is 1. The number of aryl methyl sites for hydroxylation is 1. The van der Waals surface area contributed by atoms with Gasteiger partial charge in [0.05, 0.1) is 18.6 Å². The monoisotopic (exact) mass is 516 g/mol. The summed E-state index contributed by atoms with van der Waals surface area (Å²) in [5, 5.41) is 15.6. The van der Waals surface area contributed by atoms with Gasteiger partial charge in [-0.25, -0.2) is 0 Å². The Morgan fingerprint density at radius 2 is 1.82 bits per heavy atom. The van der Waals surface area contributed by atoms with Crippen molar-refractivity contribution in [2.75, 3.05) is 11.5 Å². The highest BCUT2D eigenvalue weighted by Crippen LogP contribution is 2.35. The van der Waals surface area contributed by atoms with Crippen molar-refractivity contribution in [1.29, 1.82) is 0 Å². The number of hydrogen-bond acceptors (Lipinski definition) is 7. The number of amides is 2. The molecule has 10 heteroatoms. The standard InChI is InChI=1S/C28H32N6O4/c1-6-37-22-11-8-7-10-21(22)34(25(23-12-9-17-38-23)27(36)29-28(3,4)5)24(35)18-33-31-26(30-32-33)20-15-13-19(2)14-16-20/h7-17,25H,6,18H2,1-5H3,(H,29,36)/t25-/m0/s1. The normalized spacial score (nSPS) is 12.1. The summed E-state index contributed by atoms with van der Waals surface area (Å²) in [6.07, 6.45) is 1.47. The lowest BCUT2D eigenvalue weighted by Gasteiger charge is -2.33. The maximum Gasteiger partial charge on any atom is 0.251 e. The minimum Gasteiger partial charge on any atom is -0.492 e. The third kappa shape index (κ3) is 6.26. The van der Waals surface area contributed by atoms with E-state index in [4.69, 9.17) is 9.15 Å². The van der Waals surface area contributed by atoms with E-state index in [1.807, 2.05) is 58.9 Å². The summed E-state index contributed by atoms with van der Waals surface area (Å²) in [6.45, 7) is 9.57. The zero-order valence-corrected chi connectivity index (χ0v) is 22.2. The van der Waals surface area contributed by atoms with Gasteiger partial charge in [0.25, 0.3) is 11.8 Å². The third-order valence-electron chi connectivity index (χ3n) is 5.55. The highest BCUT2D eigenvalue weighted by Gasteiger charge is 2.38. The van der Waals surface area contributed by atoms with Crippen molar-refractivity contribution in [3.8, 4) is 17.1 Å². The molecule has 38 heavy (non-hydrogen) atoms. The number of nitrogens with one attached hydrogen (secondary N) is 1. The van der Waals surface area contributed by atoms with E-state index in [-0.39, 0.29) is 6.54 Å². The van der Waals surface area contributed by atoms with Gasteiger partial charge >= 0.3 is 0 Å².